The summed E-state index contributed by atoms with van der Waals surface area (Å²) in [6, 6.07) is 0. The molecule has 1 aliphatic carbocycles. The predicted molar refractivity (Wildman–Crippen MR) is 52.4 cm³/mol. The summed E-state index contributed by atoms with van der Waals surface area (Å²) in [5.41, 5.74) is 2.87. The largest absolute Gasteiger partial charge is 0.307 e. The SMILES string of the molecule is Cc1nn(C)cc1CNC1(C)CC1. The van der Waals surface area contributed by atoms with E-state index in [0.29, 0.717) is 5.54 Å². The van der Waals surface area contributed by atoms with E-state index in [-0.39, 0.29) is 0 Å². The average molecular weight is 179 g/mol. The molecular weight excluding hydrogens is 162 g/mol. The zero-order valence-electron chi connectivity index (χ0n) is 8.59. The van der Waals surface area contributed by atoms with E-state index in [0.717, 1.165) is 12.2 Å². The Morgan fingerprint density at radius 1 is 1.62 bits per heavy atom. The van der Waals surface area contributed by atoms with Crippen molar-refractivity contribution in [3.63, 3.8) is 0 Å². The molecule has 13 heavy (non-hydrogen) atoms. The van der Waals surface area contributed by atoms with Crippen molar-refractivity contribution in [3.05, 3.63) is 17.5 Å². The number of hydrogen-bond donors (Lipinski definition) is 1. The van der Waals surface area contributed by atoms with Crippen LogP contribution in [0.1, 0.15) is 31.0 Å². The second-order valence-corrected chi connectivity index (χ2v) is 4.33. The molecule has 0 amide bonds. The van der Waals surface area contributed by atoms with Crippen molar-refractivity contribution in [2.24, 2.45) is 7.05 Å². The lowest BCUT2D eigenvalue weighted by Crippen LogP contribution is -2.27. The highest BCUT2D eigenvalue weighted by Crippen LogP contribution is 2.34. The quantitative estimate of drug-likeness (QED) is 0.759. The number of nitrogens with one attached hydrogen (secondary N) is 1. The molecule has 0 spiro atoms. The Kier molecular flexibility index (Phi) is 1.91. The van der Waals surface area contributed by atoms with Crippen molar-refractivity contribution >= 4 is 0 Å². The molecule has 0 atom stereocenters. The Labute approximate surface area is 79.1 Å². The van der Waals surface area contributed by atoms with Gasteiger partial charge in [-0.3, -0.25) is 4.68 Å². The van der Waals surface area contributed by atoms with E-state index >= 15 is 0 Å². The molecule has 1 aromatic heterocycles. The van der Waals surface area contributed by atoms with Crippen LogP contribution in [0.15, 0.2) is 6.20 Å². The van der Waals surface area contributed by atoms with Gasteiger partial charge in [-0.15, -0.1) is 0 Å². The van der Waals surface area contributed by atoms with Crippen molar-refractivity contribution in [2.75, 3.05) is 0 Å². The highest BCUT2D eigenvalue weighted by atomic mass is 15.3. The van der Waals surface area contributed by atoms with E-state index in [1.165, 1.54) is 18.4 Å². The van der Waals surface area contributed by atoms with Crippen LogP contribution in [0.3, 0.4) is 0 Å². The topological polar surface area (TPSA) is 29.9 Å². The van der Waals surface area contributed by atoms with Gasteiger partial charge in [0.2, 0.25) is 0 Å². The standard InChI is InChI=1S/C10H17N3/c1-8-9(7-13(3)12-8)6-11-10(2)4-5-10/h7,11H,4-6H2,1-3H3. The Balaban J connectivity index is 1.97. The van der Waals surface area contributed by atoms with Crippen molar-refractivity contribution in [1.82, 2.24) is 15.1 Å². The van der Waals surface area contributed by atoms with Gasteiger partial charge in [-0.2, -0.15) is 5.10 Å². The second kappa shape index (κ2) is 2.84. The molecule has 0 unspecified atom stereocenters. The third-order valence-corrected chi connectivity index (χ3v) is 2.82. The van der Waals surface area contributed by atoms with Gasteiger partial charge in [0, 0.05) is 30.9 Å². The minimum absolute atomic E-state index is 0.419. The first-order valence-corrected chi connectivity index (χ1v) is 4.83. The lowest BCUT2D eigenvalue weighted by Gasteiger charge is -2.09. The molecule has 1 fully saturated rings. The summed E-state index contributed by atoms with van der Waals surface area (Å²) in [5.74, 6) is 0. The monoisotopic (exact) mass is 179 g/mol. The number of rotatable bonds is 3. The third-order valence-electron chi connectivity index (χ3n) is 2.82. The van der Waals surface area contributed by atoms with Crippen LogP contribution in [0.4, 0.5) is 0 Å². The van der Waals surface area contributed by atoms with E-state index in [1.807, 2.05) is 11.7 Å². The zero-order chi connectivity index (χ0) is 9.47. The molecule has 0 bridgehead atoms. The fourth-order valence-electron chi connectivity index (χ4n) is 1.50. The van der Waals surface area contributed by atoms with Crippen LogP contribution in [-0.4, -0.2) is 15.3 Å². The minimum Gasteiger partial charge on any atom is -0.307 e. The Morgan fingerprint density at radius 3 is 2.77 bits per heavy atom. The van der Waals surface area contributed by atoms with Gasteiger partial charge in [-0.05, 0) is 26.7 Å². The predicted octanol–water partition coefficient (Wildman–Crippen LogP) is 1.37. The van der Waals surface area contributed by atoms with Crippen LogP contribution < -0.4 is 5.32 Å². The fraction of sp³-hybridized carbons (Fsp3) is 0.700. The fourth-order valence-corrected chi connectivity index (χ4v) is 1.50. The molecule has 3 nitrogen and oxygen atoms in total. The number of aryl methyl sites for hydroxylation is 2. The maximum atomic E-state index is 4.31. The molecule has 1 aromatic rings. The highest BCUT2D eigenvalue weighted by Gasteiger charge is 2.36. The van der Waals surface area contributed by atoms with Crippen molar-refractivity contribution in [2.45, 2.75) is 38.8 Å². The van der Waals surface area contributed by atoms with Crippen molar-refractivity contribution in [1.29, 1.82) is 0 Å². The summed E-state index contributed by atoms with van der Waals surface area (Å²) in [7, 11) is 1.97. The van der Waals surface area contributed by atoms with E-state index in [9.17, 15) is 0 Å². The number of hydrogen-bond acceptors (Lipinski definition) is 2. The second-order valence-electron chi connectivity index (χ2n) is 4.33. The molecule has 0 saturated heterocycles. The summed E-state index contributed by atoms with van der Waals surface area (Å²) >= 11 is 0. The first-order valence-electron chi connectivity index (χ1n) is 4.83. The van der Waals surface area contributed by atoms with Crippen LogP contribution >= 0.6 is 0 Å². The van der Waals surface area contributed by atoms with Gasteiger partial charge in [0.05, 0.1) is 5.69 Å². The molecule has 1 saturated carbocycles. The molecule has 0 radical (unpaired) electrons. The Bertz CT molecular complexity index is 310. The maximum absolute atomic E-state index is 4.31. The minimum atomic E-state index is 0.419. The lowest BCUT2D eigenvalue weighted by molar-refractivity contribution is 0.536. The molecule has 1 heterocycles. The van der Waals surface area contributed by atoms with E-state index in [2.05, 4.69) is 30.5 Å². The molecule has 0 aliphatic heterocycles. The van der Waals surface area contributed by atoms with Crippen LogP contribution in [0, 0.1) is 6.92 Å². The maximum Gasteiger partial charge on any atom is 0.0638 e. The molecule has 72 valence electrons. The van der Waals surface area contributed by atoms with Crippen molar-refractivity contribution < 1.29 is 0 Å². The summed E-state index contributed by atoms with van der Waals surface area (Å²) < 4.78 is 1.88. The highest BCUT2D eigenvalue weighted by molar-refractivity contribution is 5.16. The summed E-state index contributed by atoms with van der Waals surface area (Å²) in [6.45, 7) is 5.29. The van der Waals surface area contributed by atoms with Gasteiger partial charge in [-0.25, -0.2) is 0 Å². The first kappa shape index (κ1) is 8.75. The number of nitrogens with zero attached hydrogens (tertiary/aromatic N) is 2. The Hall–Kier alpha value is -0.830. The van der Waals surface area contributed by atoms with Crippen LogP contribution in [0.25, 0.3) is 0 Å². The van der Waals surface area contributed by atoms with Crippen LogP contribution in [0.2, 0.25) is 0 Å². The molecule has 2 rings (SSSR count). The summed E-state index contributed by atoms with van der Waals surface area (Å²) in [4.78, 5) is 0. The summed E-state index contributed by atoms with van der Waals surface area (Å²) in [5, 5.41) is 7.86. The molecular formula is C10H17N3. The van der Waals surface area contributed by atoms with Gasteiger partial charge < -0.3 is 5.32 Å². The molecule has 1 aliphatic rings. The molecule has 0 aromatic carbocycles. The smallest absolute Gasteiger partial charge is 0.0638 e. The van der Waals surface area contributed by atoms with Crippen LogP contribution in [-0.2, 0) is 13.6 Å². The van der Waals surface area contributed by atoms with Gasteiger partial charge in [0.15, 0.2) is 0 Å². The van der Waals surface area contributed by atoms with E-state index in [1.54, 1.807) is 0 Å². The van der Waals surface area contributed by atoms with Gasteiger partial charge in [0.25, 0.3) is 0 Å². The van der Waals surface area contributed by atoms with Gasteiger partial charge >= 0.3 is 0 Å². The summed E-state index contributed by atoms with van der Waals surface area (Å²) in [6.07, 6.45) is 4.71. The van der Waals surface area contributed by atoms with Gasteiger partial charge in [-0.1, -0.05) is 0 Å². The van der Waals surface area contributed by atoms with Crippen LogP contribution in [0.5, 0.6) is 0 Å². The van der Waals surface area contributed by atoms with Crippen molar-refractivity contribution in [3.8, 4) is 0 Å². The normalized spacial score (nSPS) is 19.0. The van der Waals surface area contributed by atoms with E-state index in [4.69, 9.17) is 0 Å². The van der Waals surface area contributed by atoms with E-state index < -0.39 is 0 Å². The molecule has 3 heteroatoms. The number of aromatic nitrogens is 2. The lowest BCUT2D eigenvalue weighted by atomic mass is 10.2. The first-order chi connectivity index (χ1) is 6.09. The average Bonchev–Trinajstić information content (AvgIpc) is 2.69. The van der Waals surface area contributed by atoms with Gasteiger partial charge in [0.1, 0.15) is 0 Å². The third kappa shape index (κ3) is 1.91. The zero-order valence-corrected chi connectivity index (χ0v) is 8.59. The Morgan fingerprint density at radius 2 is 2.31 bits per heavy atom. The molecule has 1 N–H and O–H groups in total.